The van der Waals surface area contributed by atoms with Crippen molar-refractivity contribution in [2.24, 2.45) is 5.92 Å². The van der Waals surface area contributed by atoms with Crippen molar-refractivity contribution in [1.82, 2.24) is 15.5 Å². The van der Waals surface area contributed by atoms with E-state index in [2.05, 4.69) is 46.6 Å². The summed E-state index contributed by atoms with van der Waals surface area (Å²) in [6, 6.07) is 8.90. The zero-order valence-corrected chi connectivity index (χ0v) is 12.1. The van der Waals surface area contributed by atoms with E-state index < -0.39 is 0 Å². The summed E-state index contributed by atoms with van der Waals surface area (Å²) in [5, 5.41) is 7.45. The second kappa shape index (κ2) is 5.75. The molecule has 0 amide bonds. The molecule has 0 bridgehead atoms. The molecule has 4 heteroatoms. The number of nitrogens with one attached hydrogen (secondary N) is 1. The Morgan fingerprint density at radius 3 is 2.95 bits per heavy atom. The van der Waals surface area contributed by atoms with Crippen LogP contribution in [0.25, 0.3) is 0 Å². The number of aromatic nitrogens is 2. The lowest BCUT2D eigenvalue weighted by Crippen LogP contribution is -2.29. The molecule has 1 N–H and O–H groups in total. The van der Waals surface area contributed by atoms with Gasteiger partial charge in [0.1, 0.15) is 0 Å². The van der Waals surface area contributed by atoms with Gasteiger partial charge in [0.25, 0.3) is 0 Å². The molecule has 0 aliphatic heterocycles. The normalized spacial score (nSPS) is 16.3. The maximum Gasteiger partial charge on any atom is 0.228 e. The summed E-state index contributed by atoms with van der Waals surface area (Å²) in [5.41, 5.74) is 2.49. The van der Waals surface area contributed by atoms with Crippen molar-refractivity contribution in [2.75, 3.05) is 7.05 Å². The predicted octanol–water partition coefficient (Wildman–Crippen LogP) is 2.51. The lowest BCUT2D eigenvalue weighted by Gasteiger charge is -2.11. The SMILES string of the molecule is CNC(Cc1nc(Cc2cccc(C)c2)no1)C1CC1. The zero-order chi connectivity index (χ0) is 13.9. The fraction of sp³-hybridized carbons (Fsp3) is 0.500. The minimum atomic E-state index is 0.474. The summed E-state index contributed by atoms with van der Waals surface area (Å²) in [7, 11) is 2.01. The number of hydrogen-bond donors (Lipinski definition) is 1. The van der Waals surface area contributed by atoms with Crippen LogP contribution in [0, 0.1) is 12.8 Å². The van der Waals surface area contributed by atoms with Gasteiger partial charge < -0.3 is 9.84 Å². The summed E-state index contributed by atoms with van der Waals surface area (Å²) in [4.78, 5) is 4.52. The molecular formula is C16H21N3O. The number of rotatable bonds is 6. The highest BCUT2D eigenvalue weighted by molar-refractivity contribution is 5.24. The van der Waals surface area contributed by atoms with Gasteiger partial charge >= 0.3 is 0 Å². The second-order valence-electron chi connectivity index (χ2n) is 5.71. The molecule has 3 rings (SSSR count). The molecule has 0 saturated heterocycles. The highest BCUT2D eigenvalue weighted by Gasteiger charge is 2.31. The average molecular weight is 271 g/mol. The third-order valence-electron chi connectivity index (χ3n) is 3.91. The van der Waals surface area contributed by atoms with Crippen LogP contribution in [-0.4, -0.2) is 23.2 Å². The minimum Gasteiger partial charge on any atom is -0.339 e. The fourth-order valence-electron chi connectivity index (χ4n) is 2.64. The first-order chi connectivity index (χ1) is 9.74. The Hall–Kier alpha value is -1.68. The summed E-state index contributed by atoms with van der Waals surface area (Å²) < 4.78 is 5.38. The maximum atomic E-state index is 5.38. The van der Waals surface area contributed by atoms with Gasteiger partial charge in [0, 0.05) is 18.9 Å². The molecule has 1 aliphatic carbocycles. The lowest BCUT2D eigenvalue weighted by atomic mass is 10.1. The smallest absolute Gasteiger partial charge is 0.228 e. The molecule has 1 fully saturated rings. The van der Waals surface area contributed by atoms with Crippen molar-refractivity contribution in [1.29, 1.82) is 0 Å². The summed E-state index contributed by atoms with van der Waals surface area (Å²) in [6.07, 6.45) is 4.20. The highest BCUT2D eigenvalue weighted by Crippen LogP contribution is 2.33. The van der Waals surface area contributed by atoms with E-state index in [9.17, 15) is 0 Å². The van der Waals surface area contributed by atoms with Crippen LogP contribution in [0.15, 0.2) is 28.8 Å². The molecule has 1 unspecified atom stereocenters. The highest BCUT2D eigenvalue weighted by atomic mass is 16.5. The van der Waals surface area contributed by atoms with Gasteiger partial charge in [-0.1, -0.05) is 35.0 Å². The van der Waals surface area contributed by atoms with Crippen LogP contribution in [0.3, 0.4) is 0 Å². The van der Waals surface area contributed by atoms with Gasteiger partial charge in [0.2, 0.25) is 5.89 Å². The molecule has 20 heavy (non-hydrogen) atoms. The van der Waals surface area contributed by atoms with Crippen LogP contribution in [0.4, 0.5) is 0 Å². The zero-order valence-electron chi connectivity index (χ0n) is 12.1. The van der Waals surface area contributed by atoms with Crippen LogP contribution in [0.2, 0.25) is 0 Å². The van der Waals surface area contributed by atoms with Crippen molar-refractivity contribution >= 4 is 0 Å². The van der Waals surface area contributed by atoms with Crippen LogP contribution in [-0.2, 0) is 12.8 Å². The first-order valence-electron chi connectivity index (χ1n) is 7.29. The molecular weight excluding hydrogens is 250 g/mol. The molecule has 1 atom stereocenters. The molecule has 1 aromatic carbocycles. The van der Waals surface area contributed by atoms with Crippen molar-refractivity contribution in [3.05, 3.63) is 47.1 Å². The van der Waals surface area contributed by atoms with E-state index in [-0.39, 0.29) is 0 Å². The van der Waals surface area contributed by atoms with E-state index in [0.717, 1.165) is 30.5 Å². The van der Waals surface area contributed by atoms with Crippen LogP contribution in [0.1, 0.15) is 35.7 Å². The average Bonchev–Trinajstić information content (AvgIpc) is 3.18. The molecule has 4 nitrogen and oxygen atoms in total. The maximum absolute atomic E-state index is 5.38. The molecule has 1 aliphatic rings. The Morgan fingerprint density at radius 2 is 2.25 bits per heavy atom. The van der Waals surface area contributed by atoms with E-state index in [1.54, 1.807) is 0 Å². The number of nitrogens with zero attached hydrogens (tertiary/aromatic N) is 2. The standard InChI is InChI=1S/C16H21N3O/c1-11-4-3-5-12(8-11)9-15-18-16(20-19-15)10-14(17-2)13-6-7-13/h3-5,8,13-14,17H,6-7,9-10H2,1-2H3. The minimum absolute atomic E-state index is 0.474. The monoisotopic (exact) mass is 271 g/mol. The van der Waals surface area contributed by atoms with E-state index >= 15 is 0 Å². The number of aryl methyl sites for hydroxylation is 1. The predicted molar refractivity (Wildman–Crippen MR) is 77.6 cm³/mol. The van der Waals surface area contributed by atoms with Gasteiger partial charge in [0.05, 0.1) is 0 Å². The summed E-state index contributed by atoms with van der Waals surface area (Å²) >= 11 is 0. The molecule has 0 spiro atoms. The van der Waals surface area contributed by atoms with Gasteiger partial charge in [-0.2, -0.15) is 4.98 Å². The fourth-order valence-corrected chi connectivity index (χ4v) is 2.64. The van der Waals surface area contributed by atoms with E-state index in [0.29, 0.717) is 6.04 Å². The molecule has 1 aromatic heterocycles. The Morgan fingerprint density at radius 1 is 1.40 bits per heavy atom. The van der Waals surface area contributed by atoms with Gasteiger partial charge in [-0.05, 0) is 38.3 Å². The molecule has 1 saturated carbocycles. The van der Waals surface area contributed by atoms with Crippen LogP contribution < -0.4 is 5.32 Å². The molecule has 2 aromatic rings. The first kappa shape index (κ1) is 13.3. The number of benzene rings is 1. The Labute approximate surface area is 119 Å². The molecule has 106 valence electrons. The van der Waals surface area contributed by atoms with E-state index in [4.69, 9.17) is 4.52 Å². The van der Waals surface area contributed by atoms with Crippen molar-refractivity contribution in [3.8, 4) is 0 Å². The third kappa shape index (κ3) is 3.25. The second-order valence-corrected chi connectivity index (χ2v) is 5.71. The van der Waals surface area contributed by atoms with Crippen LogP contribution in [0.5, 0.6) is 0 Å². The number of hydrogen-bond acceptors (Lipinski definition) is 4. The van der Waals surface area contributed by atoms with Crippen molar-refractivity contribution in [2.45, 2.75) is 38.6 Å². The number of likely N-dealkylation sites (N-methyl/N-ethyl adjacent to an activating group) is 1. The topological polar surface area (TPSA) is 51.0 Å². The lowest BCUT2D eigenvalue weighted by molar-refractivity contribution is 0.349. The summed E-state index contributed by atoms with van der Waals surface area (Å²) in [5.74, 6) is 2.31. The Bertz CT molecular complexity index is 575. The van der Waals surface area contributed by atoms with Gasteiger partial charge in [-0.3, -0.25) is 0 Å². The first-order valence-corrected chi connectivity index (χ1v) is 7.29. The van der Waals surface area contributed by atoms with Crippen molar-refractivity contribution < 1.29 is 4.52 Å². The van der Waals surface area contributed by atoms with Gasteiger partial charge in [0.15, 0.2) is 5.82 Å². The molecule has 0 radical (unpaired) electrons. The largest absolute Gasteiger partial charge is 0.339 e. The Kier molecular flexibility index (Phi) is 3.83. The summed E-state index contributed by atoms with van der Waals surface area (Å²) in [6.45, 7) is 2.10. The van der Waals surface area contributed by atoms with E-state index in [1.165, 1.54) is 24.0 Å². The quantitative estimate of drug-likeness (QED) is 0.877. The van der Waals surface area contributed by atoms with Gasteiger partial charge in [-0.15, -0.1) is 0 Å². The van der Waals surface area contributed by atoms with Crippen molar-refractivity contribution in [3.63, 3.8) is 0 Å². The third-order valence-corrected chi connectivity index (χ3v) is 3.91. The Balaban J connectivity index is 1.64. The van der Waals surface area contributed by atoms with Gasteiger partial charge in [-0.25, -0.2) is 0 Å². The van der Waals surface area contributed by atoms with Crippen LogP contribution >= 0.6 is 0 Å². The molecule has 1 heterocycles. The van der Waals surface area contributed by atoms with E-state index in [1.807, 2.05) is 7.05 Å².